The third kappa shape index (κ3) is 2.75. The molecule has 0 fully saturated rings. The van der Waals surface area contributed by atoms with Crippen molar-refractivity contribution in [3.63, 3.8) is 0 Å². The molecule has 0 saturated carbocycles. The Labute approximate surface area is 124 Å². The molecule has 1 atom stereocenters. The van der Waals surface area contributed by atoms with E-state index < -0.39 is 0 Å². The lowest BCUT2D eigenvalue weighted by Gasteiger charge is -2.27. The van der Waals surface area contributed by atoms with Crippen LogP contribution in [-0.2, 0) is 12.8 Å². The lowest BCUT2D eigenvalue weighted by molar-refractivity contribution is 0.413. The summed E-state index contributed by atoms with van der Waals surface area (Å²) in [5.74, 6) is 0.933. The first-order valence-electron chi connectivity index (χ1n) is 6.93. The van der Waals surface area contributed by atoms with Crippen molar-refractivity contribution in [3.8, 4) is 5.75 Å². The summed E-state index contributed by atoms with van der Waals surface area (Å²) in [6, 6.07) is 14.7. The number of hydrogen-bond acceptors (Lipinski definition) is 2. The van der Waals surface area contributed by atoms with E-state index in [9.17, 15) is 0 Å². The van der Waals surface area contributed by atoms with E-state index in [2.05, 4.69) is 17.4 Å². The van der Waals surface area contributed by atoms with Crippen LogP contribution in [0.4, 0.5) is 5.69 Å². The van der Waals surface area contributed by atoms with E-state index >= 15 is 0 Å². The normalized spacial score (nSPS) is 17.4. The van der Waals surface area contributed by atoms with Crippen molar-refractivity contribution in [2.45, 2.75) is 25.3 Å². The maximum absolute atomic E-state index is 6.21. The van der Waals surface area contributed by atoms with Crippen LogP contribution in [0.25, 0.3) is 0 Å². The highest BCUT2D eigenvalue weighted by atomic mass is 35.5. The molecule has 0 aliphatic heterocycles. The number of halogens is 1. The van der Waals surface area contributed by atoms with E-state index in [1.54, 1.807) is 7.11 Å². The second-order valence-corrected chi connectivity index (χ2v) is 5.61. The summed E-state index contributed by atoms with van der Waals surface area (Å²) in [5, 5.41) is 4.34. The maximum atomic E-state index is 6.21. The van der Waals surface area contributed by atoms with Gasteiger partial charge in [0.25, 0.3) is 0 Å². The van der Waals surface area contributed by atoms with Gasteiger partial charge in [-0.05, 0) is 54.7 Å². The van der Waals surface area contributed by atoms with E-state index in [4.69, 9.17) is 16.3 Å². The molecule has 0 amide bonds. The molecule has 0 spiro atoms. The van der Waals surface area contributed by atoms with Crippen LogP contribution in [0, 0.1) is 0 Å². The van der Waals surface area contributed by atoms with Gasteiger partial charge in [0, 0.05) is 6.04 Å². The molecule has 2 aromatic carbocycles. The highest BCUT2D eigenvalue weighted by molar-refractivity contribution is 6.33. The highest BCUT2D eigenvalue weighted by Crippen LogP contribution is 2.29. The zero-order valence-corrected chi connectivity index (χ0v) is 12.3. The highest BCUT2D eigenvalue weighted by Gasteiger charge is 2.19. The first-order chi connectivity index (χ1) is 9.76. The zero-order chi connectivity index (χ0) is 13.9. The summed E-state index contributed by atoms with van der Waals surface area (Å²) in [6.07, 6.45) is 3.24. The van der Waals surface area contributed by atoms with Gasteiger partial charge in [-0.2, -0.15) is 0 Å². The predicted octanol–water partition coefficient (Wildman–Crippen LogP) is 4.32. The number of fused-ring (bicyclic) bond motifs is 1. The van der Waals surface area contributed by atoms with Crippen molar-refractivity contribution in [1.29, 1.82) is 0 Å². The summed E-state index contributed by atoms with van der Waals surface area (Å²) >= 11 is 6.21. The summed E-state index contributed by atoms with van der Waals surface area (Å²) in [7, 11) is 1.71. The zero-order valence-electron chi connectivity index (χ0n) is 11.5. The molecule has 0 heterocycles. The van der Waals surface area contributed by atoms with Gasteiger partial charge in [0.15, 0.2) is 0 Å². The first-order valence-corrected chi connectivity index (χ1v) is 7.31. The van der Waals surface area contributed by atoms with Gasteiger partial charge in [-0.3, -0.25) is 0 Å². The fourth-order valence-electron chi connectivity index (χ4n) is 2.78. The van der Waals surface area contributed by atoms with Gasteiger partial charge in [0.2, 0.25) is 0 Å². The Morgan fingerprint density at radius 3 is 2.80 bits per heavy atom. The number of nitrogens with one attached hydrogen (secondary N) is 1. The Morgan fingerprint density at radius 1 is 1.15 bits per heavy atom. The van der Waals surface area contributed by atoms with Crippen molar-refractivity contribution < 1.29 is 4.74 Å². The average molecular weight is 288 g/mol. The monoisotopic (exact) mass is 287 g/mol. The lowest BCUT2D eigenvalue weighted by Crippen LogP contribution is -2.27. The third-order valence-electron chi connectivity index (χ3n) is 3.88. The van der Waals surface area contributed by atoms with E-state index in [1.165, 1.54) is 11.1 Å². The molecule has 1 aliphatic carbocycles. The largest absolute Gasteiger partial charge is 0.497 e. The van der Waals surface area contributed by atoms with Crippen LogP contribution in [0.3, 0.4) is 0 Å². The lowest BCUT2D eigenvalue weighted by atomic mass is 9.88. The van der Waals surface area contributed by atoms with Crippen molar-refractivity contribution >= 4 is 17.3 Å². The Hall–Kier alpha value is -1.67. The fraction of sp³-hybridized carbons (Fsp3) is 0.294. The van der Waals surface area contributed by atoms with Crippen LogP contribution in [0.2, 0.25) is 5.02 Å². The smallest absolute Gasteiger partial charge is 0.119 e. The molecule has 2 aromatic rings. The average Bonchev–Trinajstić information content (AvgIpc) is 2.49. The Bertz CT molecular complexity index is 612. The van der Waals surface area contributed by atoms with Gasteiger partial charge in [-0.15, -0.1) is 0 Å². The van der Waals surface area contributed by atoms with E-state index in [1.807, 2.05) is 30.3 Å². The number of hydrogen-bond donors (Lipinski definition) is 1. The number of methoxy groups -OCH3 is 1. The molecule has 0 saturated heterocycles. The van der Waals surface area contributed by atoms with Gasteiger partial charge in [0.05, 0.1) is 17.8 Å². The standard InChI is InChI=1S/C17H18ClNO/c1-20-15-9-7-12-6-8-14(10-13(12)11-15)19-17-5-3-2-4-16(17)18/h2-5,7,9,11,14,19H,6,8,10H2,1H3. The molecule has 3 rings (SSSR count). The minimum atomic E-state index is 0.425. The van der Waals surface area contributed by atoms with Gasteiger partial charge in [-0.1, -0.05) is 29.8 Å². The maximum Gasteiger partial charge on any atom is 0.119 e. The summed E-state index contributed by atoms with van der Waals surface area (Å²) in [5.41, 5.74) is 3.83. The number of rotatable bonds is 3. The molecule has 104 valence electrons. The summed E-state index contributed by atoms with van der Waals surface area (Å²) in [4.78, 5) is 0. The van der Waals surface area contributed by atoms with Gasteiger partial charge >= 0.3 is 0 Å². The SMILES string of the molecule is COc1ccc2c(c1)CC(Nc1ccccc1Cl)CC2. The van der Waals surface area contributed by atoms with Crippen LogP contribution in [0.5, 0.6) is 5.75 Å². The second-order valence-electron chi connectivity index (χ2n) is 5.20. The first kappa shape index (κ1) is 13.3. The number of benzene rings is 2. The van der Waals surface area contributed by atoms with Crippen molar-refractivity contribution in [2.24, 2.45) is 0 Å². The minimum Gasteiger partial charge on any atom is -0.497 e. The van der Waals surface area contributed by atoms with Crippen LogP contribution in [-0.4, -0.2) is 13.2 Å². The molecule has 1 aliphatic rings. The summed E-state index contributed by atoms with van der Waals surface area (Å²) < 4.78 is 5.31. The molecule has 0 aromatic heterocycles. The second kappa shape index (κ2) is 5.76. The van der Waals surface area contributed by atoms with E-state index in [-0.39, 0.29) is 0 Å². The number of anilines is 1. The summed E-state index contributed by atoms with van der Waals surface area (Å²) in [6.45, 7) is 0. The number of ether oxygens (including phenoxy) is 1. The molecule has 1 unspecified atom stereocenters. The molecule has 0 radical (unpaired) electrons. The molecule has 20 heavy (non-hydrogen) atoms. The van der Waals surface area contributed by atoms with Crippen LogP contribution < -0.4 is 10.1 Å². The van der Waals surface area contributed by atoms with E-state index in [0.29, 0.717) is 6.04 Å². The minimum absolute atomic E-state index is 0.425. The Morgan fingerprint density at radius 2 is 2.00 bits per heavy atom. The Kier molecular flexibility index (Phi) is 3.83. The molecule has 3 heteroatoms. The quantitative estimate of drug-likeness (QED) is 0.908. The number of aryl methyl sites for hydroxylation is 1. The van der Waals surface area contributed by atoms with Crippen molar-refractivity contribution in [3.05, 3.63) is 58.6 Å². The van der Waals surface area contributed by atoms with E-state index in [0.717, 1.165) is 35.7 Å². The van der Waals surface area contributed by atoms with Crippen LogP contribution in [0.1, 0.15) is 17.5 Å². The molecule has 2 nitrogen and oxygen atoms in total. The van der Waals surface area contributed by atoms with Crippen LogP contribution in [0.15, 0.2) is 42.5 Å². The van der Waals surface area contributed by atoms with Crippen LogP contribution >= 0.6 is 11.6 Å². The Balaban J connectivity index is 1.76. The molecule has 1 N–H and O–H groups in total. The van der Waals surface area contributed by atoms with Crippen molar-refractivity contribution in [2.75, 3.05) is 12.4 Å². The molecule has 0 bridgehead atoms. The molecular formula is C17H18ClNO. The van der Waals surface area contributed by atoms with Gasteiger partial charge < -0.3 is 10.1 Å². The fourth-order valence-corrected chi connectivity index (χ4v) is 2.97. The van der Waals surface area contributed by atoms with Crippen molar-refractivity contribution in [1.82, 2.24) is 0 Å². The molecular weight excluding hydrogens is 270 g/mol. The number of para-hydroxylation sites is 1. The third-order valence-corrected chi connectivity index (χ3v) is 4.20. The van der Waals surface area contributed by atoms with Gasteiger partial charge in [0.1, 0.15) is 5.75 Å². The topological polar surface area (TPSA) is 21.3 Å². The van der Waals surface area contributed by atoms with Gasteiger partial charge in [-0.25, -0.2) is 0 Å². The predicted molar refractivity (Wildman–Crippen MR) is 83.9 cm³/mol.